The van der Waals surface area contributed by atoms with Crippen LogP contribution in [-0.2, 0) is 6.54 Å². The molecule has 5 nitrogen and oxygen atoms in total. The van der Waals surface area contributed by atoms with E-state index in [1.54, 1.807) is 12.1 Å². The van der Waals surface area contributed by atoms with Gasteiger partial charge in [-0.05, 0) is 47.2 Å². The van der Waals surface area contributed by atoms with Gasteiger partial charge in [-0.2, -0.15) is 0 Å². The summed E-state index contributed by atoms with van der Waals surface area (Å²) in [5.41, 5.74) is 1.25. The van der Waals surface area contributed by atoms with Crippen molar-refractivity contribution in [2.45, 2.75) is 13.5 Å². The maximum Gasteiger partial charge on any atom is 0.267 e. The van der Waals surface area contributed by atoms with E-state index in [9.17, 15) is 9.59 Å². The summed E-state index contributed by atoms with van der Waals surface area (Å²) in [7, 11) is 1.52. The van der Waals surface area contributed by atoms with Crippen LogP contribution in [0.5, 0.6) is 5.75 Å². The van der Waals surface area contributed by atoms with Crippen LogP contribution in [-0.4, -0.2) is 22.4 Å². The van der Waals surface area contributed by atoms with Gasteiger partial charge in [0.25, 0.3) is 5.56 Å². The third-order valence-corrected chi connectivity index (χ3v) is 3.57. The second kappa shape index (κ2) is 6.17. The standard InChI is InChI=1S/C14H13IN2O3/c1-9-3-4-10(13(5-9)20-2)12(18)7-17-8-16-6-11(15)14(17)19/h3-6,8H,7H2,1-2H3. The van der Waals surface area contributed by atoms with E-state index in [0.29, 0.717) is 14.9 Å². The molecule has 1 aromatic carbocycles. The Labute approximate surface area is 129 Å². The van der Waals surface area contributed by atoms with E-state index in [2.05, 4.69) is 4.98 Å². The second-order valence-corrected chi connectivity index (χ2v) is 5.46. The van der Waals surface area contributed by atoms with Gasteiger partial charge in [-0.3, -0.25) is 14.2 Å². The van der Waals surface area contributed by atoms with E-state index in [4.69, 9.17) is 4.74 Å². The van der Waals surface area contributed by atoms with E-state index in [1.807, 2.05) is 35.6 Å². The predicted octanol–water partition coefficient (Wildman–Crippen LogP) is 2.05. The predicted molar refractivity (Wildman–Crippen MR) is 83.3 cm³/mol. The quantitative estimate of drug-likeness (QED) is 0.598. The minimum Gasteiger partial charge on any atom is -0.496 e. The SMILES string of the molecule is COc1cc(C)ccc1C(=O)Cn1cncc(I)c1=O. The summed E-state index contributed by atoms with van der Waals surface area (Å²) in [6.45, 7) is 1.87. The number of benzene rings is 1. The van der Waals surface area contributed by atoms with E-state index in [-0.39, 0.29) is 17.9 Å². The van der Waals surface area contributed by atoms with Crippen molar-refractivity contribution in [3.05, 3.63) is 55.8 Å². The van der Waals surface area contributed by atoms with Crippen LogP contribution in [0.25, 0.3) is 0 Å². The number of hydrogen-bond acceptors (Lipinski definition) is 4. The van der Waals surface area contributed by atoms with E-state index in [0.717, 1.165) is 5.56 Å². The minimum atomic E-state index is -0.222. The number of aryl methyl sites for hydroxylation is 1. The first kappa shape index (κ1) is 14.7. The summed E-state index contributed by atoms with van der Waals surface area (Å²) in [6, 6.07) is 5.34. The van der Waals surface area contributed by atoms with Crippen molar-refractivity contribution in [3.63, 3.8) is 0 Å². The average Bonchev–Trinajstić information content (AvgIpc) is 2.43. The molecule has 0 bridgehead atoms. The smallest absolute Gasteiger partial charge is 0.267 e. The Morgan fingerprint density at radius 2 is 2.20 bits per heavy atom. The number of Topliss-reactive ketones (excluding diaryl/α,β-unsaturated/α-hetero) is 1. The van der Waals surface area contributed by atoms with Crippen LogP contribution in [0.4, 0.5) is 0 Å². The zero-order chi connectivity index (χ0) is 14.7. The monoisotopic (exact) mass is 384 g/mol. The van der Waals surface area contributed by atoms with E-state index in [1.165, 1.54) is 24.2 Å². The molecule has 0 atom stereocenters. The lowest BCUT2D eigenvalue weighted by Gasteiger charge is -2.09. The summed E-state index contributed by atoms with van der Waals surface area (Å²) in [4.78, 5) is 28.1. The normalized spacial score (nSPS) is 10.3. The molecular weight excluding hydrogens is 371 g/mol. The number of rotatable bonds is 4. The molecule has 1 heterocycles. The number of aromatic nitrogens is 2. The Kier molecular flexibility index (Phi) is 4.53. The lowest BCUT2D eigenvalue weighted by molar-refractivity contribution is 0.0967. The van der Waals surface area contributed by atoms with Crippen LogP contribution in [0.3, 0.4) is 0 Å². The zero-order valence-corrected chi connectivity index (χ0v) is 13.2. The maximum absolute atomic E-state index is 12.3. The lowest BCUT2D eigenvalue weighted by atomic mass is 10.1. The molecule has 0 saturated heterocycles. The van der Waals surface area contributed by atoms with Crippen LogP contribution >= 0.6 is 22.6 Å². The molecule has 0 aliphatic heterocycles. The van der Waals surface area contributed by atoms with Crippen molar-refractivity contribution in [3.8, 4) is 5.75 Å². The van der Waals surface area contributed by atoms with E-state index >= 15 is 0 Å². The highest BCUT2D eigenvalue weighted by Crippen LogP contribution is 2.20. The number of methoxy groups -OCH3 is 1. The highest BCUT2D eigenvalue weighted by Gasteiger charge is 2.14. The van der Waals surface area contributed by atoms with Gasteiger partial charge in [-0.15, -0.1) is 0 Å². The van der Waals surface area contributed by atoms with Crippen LogP contribution < -0.4 is 10.3 Å². The highest BCUT2D eigenvalue weighted by molar-refractivity contribution is 14.1. The largest absolute Gasteiger partial charge is 0.496 e. The first-order valence-corrected chi connectivity index (χ1v) is 6.98. The van der Waals surface area contributed by atoms with Gasteiger partial charge in [0.2, 0.25) is 0 Å². The van der Waals surface area contributed by atoms with Crippen molar-refractivity contribution >= 4 is 28.4 Å². The molecule has 2 rings (SSSR count). The third-order valence-electron chi connectivity index (χ3n) is 2.83. The number of hydrogen-bond donors (Lipinski definition) is 0. The summed E-state index contributed by atoms with van der Waals surface area (Å²) in [5, 5.41) is 0. The molecule has 104 valence electrons. The van der Waals surface area contributed by atoms with Crippen molar-refractivity contribution in [1.29, 1.82) is 0 Å². The molecular formula is C14H13IN2O3. The zero-order valence-electron chi connectivity index (χ0n) is 11.1. The number of halogens is 1. The summed E-state index contributed by atoms with van der Waals surface area (Å²) >= 11 is 1.90. The molecule has 0 saturated carbocycles. The van der Waals surface area contributed by atoms with Gasteiger partial charge in [0.05, 0.1) is 29.1 Å². The van der Waals surface area contributed by atoms with Crippen molar-refractivity contribution in [2.75, 3.05) is 7.11 Å². The second-order valence-electron chi connectivity index (χ2n) is 4.30. The van der Waals surface area contributed by atoms with Crippen LogP contribution in [0.15, 0.2) is 35.5 Å². The molecule has 0 fully saturated rings. The molecule has 0 N–H and O–H groups in total. The van der Waals surface area contributed by atoms with Gasteiger partial charge in [0.15, 0.2) is 5.78 Å². The van der Waals surface area contributed by atoms with Gasteiger partial charge in [0.1, 0.15) is 5.75 Å². The number of nitrogens with zero attached hydrogens (tertiary/aromatic N) is 2. The molecule has 2 aromatic rings. The first-order chi connectivity index (χ1) is 9.52. The molecule has 0 aliphatic rings. The fraction of sp³-hybridized carbons (Fsp3) is 0.214. The maximum atomic E-state index is 12.3. The Morgan fingerprint density at radius 3 is 2.90 bits per heavy atom. The molecule has 0 radical (unpaired) electrons. The number of carbonyl (C=O) groups is 1. The topological polar surface area (TPSA) is 61.2 Å². The van der Waals surface area contributed by atoms with Crippen LogP contribution in [0.2, 0.25) is 0 Å². The molecule has 1 aromatic heterocycles. The summed E-state index contributed by atoms with van der Waals surface area (Å²) < 4.78 is 6.99. The Balaban J connectivity index is 2.33. The van der Waals surface area contributed by atoms with Gasteiger partial charge in [-0.1, -0.05) is 6.07 Å². The van der Waals surface area contributed by atoms with Gasteiger partial charge in [0, 0.05) is 6.20 Å². The van der Waals surface area contributed by atoms with Crippen LogP contribution in [0, 0.1) is 10.5 Å². The Hall–Kier alpha value is -1.70. The van der Waals surface area contributed by atoms with Crippen molar-refractivity contribution in [1.82, 2.24) is 9.55 Å². The molecule has 0 spiro atoms. The van der Waals surface area contributed by atoms with Crippen molar-refractivity contribution < 1.29 is 9.53 Å². The summed E-state index contributed by atoms with van der Waals surface area (Å²) in [6.07, 6.45) is 2.83. The molecule has 6 heteroatoms. The highest BCUT2D eigenvalue weighted by atomic mass is 127. The van der Waals surface area contributed by atoms with Crippen LogP contribution in [0.1, 0.15) is 15.9 Å². The summed E-state index contributed by atoms with van der Waals surface area (Å²) in [5.74, 6) is 0.328. The minimum absolute atomic E-state index is 0.0535. The molecule has 0 aliphatic carbocycles. The van der Waals surface area contributed by atoms with Gasteiger partial charge >= 0.3 is 0 Å². The fourth-order valence-corrected chi connectivity index (χ4v) is 2.28. The number of ether oxygens (including phenoxy) is 1. The Bertz CT molecular complexity index is 710. The number of carbonyl (C=O) groups excluding carboxylic acids is 1. The van der Waals surface area contributed by atoms with Gasteiger partial charge in [-0.25, -0.2) is 4.98 Å². The molecule has 20 heavy (non-hydrogen) atoms. The lowest BCUT2D eigenvalue weighted by Crippen LogP contribution is -2.26. The van der Waals surface area contributed by atoms with Gasteiger partial charge < -0.3 is 4.74 Å². The first-order valence-electron chi connectivity index (χ1n) is 5.90. The molecule has 0 unspecified atom stereocenters. The Morgan fingerprint density at radius 1 is 1.45 bits per heavy atom. The average molecular weight is 384 g/mol. The van der Waals surface area contributed by atoms with Crippen molar-refractivity contribution in [2.24, 2.45) is 0 Å². The fourth-order valence-electron chi connectivity index (χ4n) is 1.81. The van der Waals surface area contributed by atoms with E-state index < -0.39 is 0 Å². The number of ketones is 1. The third kappa shape index (κ3) is 3.06. The molecule has 0 amide bonds.